The normalized spacial score (nSPS) is 13.7. The molecule has 0 aliphatic carbocycles. The number of carbonyl (C=O) groups is 2. The molecule has 8 heteroatoms. The second-order valence-corrected chi connectivity index (χ2v) is 8.05. The zero-order valence-corrected chi connectivity index (χ0v) is 17.9. The zero-order chi connectivity index (χ0) is 22.2. The summed E-state index contributed by atoms with van der Waals surface area (Å²) in [5, 5.41) is 8.08. The van der Waals surface area contributed by atoms with E-state index in [0.717, 1.165) is 46.4 Å². The summed E-state index contributed by atoms with van der Waals surface area (Å²) in [4.78, 5) is 36.4. The van der Waals surface area contributed by atoms with Crippen LogP contribution in [0, 0.1) is 0 Å². The molecule has 1 aliphatic heterocycles. The van der Waals surface area contributed by atoms with Crippen LogP contribution in [0.15, 0.2) is 55.0 Å². The number of aromatic amines is 1. The van der Waals surface area contributed by atoms with Crippen LogP contribution in [0.5, 0.6) is 0 Å². The first kappa shape index (κ1) is 19.9. The van der Waals surface area contributed by atoms with Gasteiger partial charge in [-0.1, -0.05) is 12.1 Å². The standard InChI is InChI=1S/C24H22N6O2/c1-29(2)24(32)18-11-20-22(27-28-23(20)26-14-18)17-10-16(12-25-13-17)15-5-7-19(8-6-15)30-9-3-4-21(30)31/h5-8,10-14H,3-4,9H2,1-2H3,(H,26,27,28). The highest BCUT2D eigenvalue weighted by atomic mass is 16.2. The fraction of sp³-hybridized carbons (Fsp3) is 0.208. The number of anilines is 1. The Morgan fingerprint density at radius 3 is 2.53 bits per heavy atom. The Morgan fingerprint density at radius 1 is 1.03 bits per heavy atom. The van der Waals surface area contributed by atoms with Gasteiger partial charge < -0.3 is 9.80 Å². The van der Waals surface area contributed by atoms with Crippen molar-refractivity contribution in [1.29, 1.82) is 0 Å². The van der Waals surface area contributed by atoms with Gasteiger partial charge in [-0.2, -0.15) is 5.10 Å². The molecule has 5 rings (SSSR count). The van der Waals surface area contributed by atoms with Crippen molar-refractivity contribution in [2.24, 2.45) is 0 Å². The summed E-state index contributed by atoms with van der Waals surface area (Å²) in [5.41, 5.74) is 5.51. The molecule has 0 bridgehead atoms. The van der Waals surface area contributed by atoms with Crippen molar-refractivity contribution in [1.82, 2.24) is 25.1 Å². The number of benzene rings is 1. The van der Waals surface area contributed by atoms with Gasteiger partial charge in [-0.25, -0.2) is 4.98 Å². The number of H-pyrrole nitrogens is 1. The van der Waals surface area contributed by atoms with E-state index < -0.39 is 0 Å². The van der Waals surface area contributed by atoms with Crippen LogP contribution in [0.25, 0.3) is 33.4 Å². The summed E-state index contributed by atoms with van der Waals surface area (Å²) in [7, 11) is 3.42. The topological polar surface area (TPSA) is 95.1 Å². The van der Waals surface area contributed by atoms with Crippen molar-refractivity contribution in [2.45, 2.75) is 12.8 Å². The molecule has 4 heterocycles. The van der Waals surface area contributed by atoms with Crippen molar-refractivity contribution in [3.8, 4) is 22.4 Å². The van der Waals surface area contributed by atoms with E-state index in [0.29, 0.717) is 17.6 Å². The number of pyridine rings is 2. The number of hydrogen-bond acceptors (Lipinski definition) is 5. The lowest BCUT2D eigenvalue weighted by molar-refractivity contribution is -0.117. The Morgan fingerprint density at radius 2 is 1.81 bits per heavy atom. The van der Waals surface area contributed by atoms with Crippen LogP contribution in [0.1, 0.15) is 23.2 Å². The van der Waals surface area contributed by atoms with Crippen LogP contribution in [0.3, 0.4) is 0 Å². The predicted octanol–water partition coefficient (Wildman–Crippen LogP) is 3.52. The lowest BCUT2D eigenvalue weighted by Crippen LogP contribution is -2.23. The van der Waals surface area contributed by atoms with Crippen LogP contribution in [0.4, 0.5) is 5.69 Å². The van der Waals surface area contributed by atoms with E-state index >= 15 is 0 Å². The number of rotatable bonds is 4. The summed E-state index contributed by atoms with van der Waals surface area (Å²) in [6, 6.07) is 11.8. The summed E-state index contributed by atoms with van der Waals surface area (Å²) < 4.78 is 0. The van der Waals surface area contributed by atoms with Gasteiger partial charge in [0.2, 0.25) is 5.91 Å². The molecule has 1 aromatic carbocycles. The molecule has 0 unspecified atom stereocenters. The maximum absolute atomic E-state index is 12.4. The molecule has 32 heavy (non-hydrogen) atoms. The van der Waals surface area contributed by atoms with Gasteiger partial charge in [-0.15, -0.1) is 0 Å². The lowest BCUT2D eigenvalue weighted by atomic mass is 10.0. The second-order valence-electron chi connectivity index (χ2n) is 8.05. The quantitative estimate of drug-likeness (QED) is 0.539. The minimum absolute atomic E-state index is 0.116. The first-order valence-electron chi connectivity index (χ1n) is 10.4. The molecule has 0 saturated carbocycles. The highest BCUT2D eigenvalue weighted by molar-refractivity contribution is 6.00. The van der Waals surface area contributed by atoms with Crippen molar-refractivity contribution >= 4 is 28.5 Å². The van der Waals surface area contributed by atoms with Gasteiger partial charge in [0.1, 0.15) is 0 Å². The minimum Gasteiger partial charge on any atom is -0.345 e. The van der Waals surface area contributed by atoms with Crippen LogP contribution < -0.4 is 4.90 Å². The Bertz CT molecular complexity index is 1330. The Hall–Kier alpha value is -4.07. The smallest absolute Gasteiger partial charge is 0.254 e. The maximum Gasteiger partial charge on any atom is 0.254 e. The molecule has 1 aliphatic rings. The molecule has 0 radical (unpaired) electrons. The van der Waals surface area contributed by atoms with E-state index in [-0.39, 0.29) is 11.8 Å². The molecule has 2 amide bonds. The average molecular weight is 426 g/mol. The van der Waals surface area contributed by atoms with E-state index in [4.69, 9.17) is 0 Å². The van der Waals surface area contributed by atoms with Crippen LogP contribution in [0.2, 0.25) is 0 Å². The molecule has 3 aromatic heterocycles. The second kappa shape index (κ2) is 7.88. The Balaban J connectivity index is 1.49. The molecule has 1 N–H and O–H groups in total. The van der Waals surface area contributed by atoms with Crippen LogP contribution >= 0.6 is 0 Å². The van der Waals surface area contributed by atoms with Gasteiger partial charge in [0.25, 0.3) is 5.91 Å². The Labute approximate surface area is 184 Å². The van der Waals surface area contributed by atoms with E-state index in [1.165, 1.54) is 11.1 Å². The van der Waals surface area contributed by atoms with Crippen LogP contribution in [-0.4, -0.2) is 57.5 Å². The van der Waals surface area contributed by atoms with Crippen LogP contribution in [-0.2, 0) is 4.79 Å². The largest absolute Gasteiger partial charge is 0.345 e. The fourth-order valence-corrected chi connectivity index (χ4v) is 3.98. The molecule has 8 nitrogen and oxygen atoms in total. The van der Waals surface area contributed by atoms with Gasteiger partial charge in [-0.05, 0) is 36.2 Å². The third-order valence-electron chi connectivity index (χ3n) is 5.68. The number of nitrogens with one attached hydrogen (secondary N) is 1. The van der Waals surface area contributed by atoms with Gasteiger partial charge in [0.15, 0.2) is 5.65 Å². The summed E-state index contributed by atoms with van der Waals surface area (Å²) in [5.74, 6) is 0.0586. The highest BCUT2D eigenvalue weighted by Crippen LogP contribution is 2.30. The van der Waals surface area contributed by atoms with E-state index in [9.17, 15) is 9.59 Å². The molecular formula is C24H22N6O2. The van der Waals surface area contributed by atoms with E-state index in [1.807, 2.05) is 35.2 Å². The molecule has 1 fully saturated rings. The molecule has 1 saturated heterocycles. The third-order valence-corrected chi connectivity index (χ3v) is 5.68. The predicted molar refractivity (Wildman–Crippen MR) is 122 cm³/mol. The van der Waals surface area contributed by atoms with Crippen molar-refractivity contribution in [2.75, 3.05) is 25.5 Å². The molecule has 0 atom stereocenters. The molecule has 4 aromatic rings. The summed E-state index contributed by atoms with van der Waals surface area (Å²) in [6.45, 7) is 0.772. The van der Waals surface area contributed by atoms with Gasteiger partial charge in [0.05, 0.1) is 11.3 Å². The number of carbonyl (C=O) groups excluding carboxylic acids is 2. The number of hydrogen-bond donors (Lipinski definition) is 1. The maximum atomic E-state index is 12.4. The first-order chi connectivity index (χ1) is 15.5. The summed E-state index contributed by atoms with van der Waals surface area (Å²) >= 11 is 0. The highest BCUT2D eigenvalue weighted by Gasteiger charge is 2.21. The lowest BCUT2D eigenvalue weighted by Gasteiger charge is -2.16. The average Bonchev–Trinajstić information content (AvgIpc) is 3.44. The fourth-order valence-electron chi connectivity index (χ4n) is 3.98. The number of nitrogens with zero attached hydrogens (tertiary/aromatic N) is 5. The van der Waals surface area contributed by atoms with Gasteiger partial charge >= 0.3 is 0 Å². The minimum atomic E-state index is -0.116. The van der Waals surface area contributed by atoms with Crippen molar-refractivity contribution in [3.63, 3.8) is 0 Å². The van der Waals surface area contributed by atoms with Crippen molar-refractivity contribution in [3.05, 3.63) is 60.6 Å². The monoisotopic (exact) mass is 426 g/mol. The number of fused-ring (bicyclic) bond motifs is 1. The first-order valence-corrected chi connectivity index (χ1v) is 10.4. The SMILES string of the molecule is CN(C)C(=O)c1cnc2n[nH]c(-c3cncc(-c4ccc(N5CCCC5=O)cc4)c3)c2c1. The van der Waals surface area contributed by atoms with Gasteiger partial charge in [-0.3, -0.25) is 19.7 Å². The summed E-state index contributed by atoms with van der Waals surface area (Å²) in [6.07, 6.45) is 6.62. The van der Waals surface area contributed by atoms with Gasteiger partial charge in [0, 0.05) is 67.9 Å². The zero-order valence-electron chi connectivity index (χ0n) is 17.9. The molecule has 0 spiro atoms. The molecular weight excluding hydrogens is 404 g/mol. The molecule has 160 valence electrons. The number of aromatic nitrogens is 4. The van der Waals surface area contributed by atoms with Crippen molar-refractivity contribution < 1.29 is 9.59 Å². The van der Waals surface area contributed by atoms with E-state index in [1.54, 1.807) is 32.6 Å². The third kappa shape index (κ3) is 3.49. The van der Waals surface area contributed by atoms with E-state index in [2.05, 4.69) is 20.2 Å². The Kier molecular flexibility index (Phi) is 4.89. The number of amides is 2.